The standard InChI is InChI=1S/C21H15Cl/c1-14-10-11-18(16-7-3-2-6-15(14)16)19-12-13-21(22)20-9-5-4-8-17(19)20/h2-13H,1H3. The fraction of sp³-hybridized carbons (Fsp3) is 0.0476. The molecule has 0 saturated carbocycles. The molecule has 4 rings (SSSR count). The van der Waals surface area contributed by atoms with Crippen LogP contribution in [-0.4, -0.2) is 0 Å². The van der Waals surface area contributed by atoms with Gasteiger partial charge in [-0.3, -0.25) is 0 Å². The van der Waals surface area contributed by atoms with Gasteiger partial charge in [-0.05, 0) is 45.8 Å². The Balaban J connectivity index is 2.13. The molecule has 0 aliphatic carbocycles. The average Bonchev–Trinajstić information content (AvgIpc) is 2.57. The third-order valence-corrected chi connectivity index (χ3v) is 4.63. The number of benzene rings is 4. The molecule has 0 saturated heterocycles. The number of rotatable bonds is 1. The molecular formula is C21H15Cl. The van der Waals surface area contributed by atoms with E-state index >= 15 is 0 Å². The summed E-state index contributed by atoms with van der Waals surface area (Å²) in [6.07, 6.45) is 0. The summed E-state index contributed by atoms with van der Waals surface area (Å²) in [4.78, 5) is 0. The maximum absolute atomic E-state index is 6.36. The van der Waals surface area contributed by atoms with Crippen LogP contribution < -0.4 is 0 Å². The Kier molecular flexibility index (Phi) is 3.13. The first-order chi connectivity index (χ1) is 10.8. The van der Waals surface area contributed by atoms with Crippen molar-refractivity contribution in [3.05, 3.63) is 83.4 Å². The van der Waals surface area contributed by atoms with E-state index in [2.05, 4.69) is 67.6 Å². The average molecular weight is 303 g/mol. The quantitative estimate of drug-likeness (QED) is 0.370. The number of aryl methyl sites for hydroxylation is 1. The van der Waals surface area contributed by atoms with Crippen LogP contribution in [0.25, 0.3) is 32.7 Å². The van der Waals surface area contributed by atoms with Crippen LogP contribution in [0, 0.1) is 6.92 Å². The fourth-order valence-corrected chi connectivity index (χ4v) is 3.41. The molecule has 0 heterocycles. The Morgan fingerprint density at radius 1 is 0.545 bits per heavy atom. The summed E-state index contributed by atoms with van der Waals surface area (Å²) >= 11 is 6.36. The Morgan fingerprint density at radius 3 is 1.73 bits per heavy atom. The van der Waals surface area contributed by atoms with Gasteiger partial charge in [0.15, 0.2) is 0 Å². The second kappa shape index (κ2) is 5.15. The van der Waals surface area contributed by atoms with Gasteiger partial charge in [0.05, 0.1) is 0 Å². The number of hydrogen-bond acceptors (Lipinski definition) is 0. The highest BCUT2D eigenvalue weighted by Crippen LogP contribution is 2.37. The maximum atomic E-state index is 6.36. The van der Waals surface area contributed by atoms with Crippen LogP contribution in [0.5, 0.6) is 0 Å². The number of fused-ring (bicyclic) bond motifs is 2. The van der Waals surface area contributed by atoms with E-state index in [9.17, 15) is 0 Å². The molecule has 0 aliphatic heterocycles. The van der Waals surface area contributed by atoms with Gasteiger partial charge in [-0.25, -0.2) is 0 Å². The smallest absolute Gasteiger partial charge is 0.0484 e. The lowest BCUT2D eigenvalue weighted by Crippen LogP contribution is -1.86. The zero-order valence-corrected chi connectivity index (χ0v) is 13.1. The summed E-state index contributed by atoms with van der Waals surface area (Å²) in [5.41, 5.74) is 3.79. The van der Waals surface area contributed by atoms with E-state index in [4.69, 9.17) is 11.6 Å². The predicted octanol–water partition coefficient (Wildman–Crippen LogP) is 6.62. The van der Waals surface area contributed by atoms with Gasteiger partial charge in [0.25, 0.3) is 0 Å². The first-order valence-corrected chi connectivity index (χ1v) is 7.79. The normalized spacial score (nSPS) is 11.2. The van der Waals surface area contributed by atoms with Crippen molar-refractivity contribution in [2.45, 2.75) is 6.92 Å². The Labute approximate surface area is 135 Å². The summed E-state index contributed by atoms with van der Waals surface area (Å²) in [6, 6.07) is 25.4. The lowest BCUT2D eigenvalue weighted by molar-refractivity contribution is 1.53. The molecule has 0 amide bonds. The number of hydrogen-bond donors (Lipinski definition) is 0. The summed E-state index contributed by atoms with van der Waals surface area (Å²) in [6.45, 7) is 2.16. The molecule has 0 unspecified atom stereocenters. The van der Waals surface area contributed by atoms with E-state index < -0.39 is 0 Å². The molecule has 1 heteroatoms. The molecule has 0 N–H and O–H groups in total. The Bertz CT molecular complexity index is 916. The van der Waals surface area contributed by atoms with Crippen molar-refractivity contribution >= 4 is 33.1 Å². The van der Waals surface area contributed by atoms with E-state index in [-0.39, 0.29) is 0 Å². The zero-order chi connectivity index (χ0) is 15.1. The van der Waals surface area contributed by atoms with Crippen LogP contribution in [0.4, 0.5) is 0 Å². The van der Waals surface area contributed by atoms with Crippen LogP contribution in [0.2, 0.25) is 5.02 Å². The number of halogens is 1. The fourth-order valence-electron chi connectivity index (χ4n) is 3.18. The van der Waals surface area contributed by atoms with Gasteiger partial charge >= 0.3 is 0 Å². The molecule has 0 bridgehead atoms. The molecule has 0 spiro atoms. The molecule has 106 valence electrons. The molecule has 4 aromatic carbocycles. The van der Waals surface area contributed by atoms with Crippen molar-refractivity contribution < 1.29 is 0 Å². The third kappa shape index (κ3) is 2.00. The highest BCUT2D eigenvalue weighted by molar-refractivity contribution is 6.36. The van der Waals surface area contributed by atoms with Crippen molar-refractivity contribution in [2.75, 3.05) is 0 Å². The van der Waals surface area contributed by atoms with E-state index in [1.165, 1.54) is 32.8 Å². The molecule has 22 heavy (non-hydrogen) atoms. The van der Waals surface area contributed by atoms with E-state index in [0.29, 0.717) is 0 Å². The van der Waals surface area contributed by atoms with Crippen LogP contribution in [0.3, 0.4) is 0 Å². The second-order valence-electron chi connectivity index (χ2n) is 5.62. The molecule has 0 radical (unpaired) electrons. The van der Waals surface area contributed by atoms with Crippen molar-refractivity contribution in [2.24, 2.45) is 0 Å². The minimum atomic E-state index is 0.802. The lowest BCUT2D eigenvalue weighted by atomic mass is 9.92. The van der Waals surface area contributed by atoms with E-state index in [1.54, 1.807) is 0 Å². The molecule has 4 aromatic rings. The van der Waals surface area contributed by atoms with Crippen molar-refractivity contribution in [1.82, 2.24) is 0 Å². The lowest BCUT2D eigenvalue weighted by Gasteiger charge is -2.12. The van der Waals surface area contributed by atoms with E-state index in [1.807, 2.05) is 12.1 Å². The van der Waals surface area contributed by atoms with Crippen LogP contribution in [-0.2, 0) is 0 Å². The second-order valence-corrected chi connectivity index (χ2v) is 6.02. The van der Waals surface area contributed by atoms with Crippen LogP contribution in [0.15, 0.2) is 72.8 Å². The molecule has 0 fully saturated rings. The predicted molar refractivity (Wildman–Crippen MR) is 96.6 cm³/mol. The van der Waals surface area contributed by atoms with Gasteiger partial charge in [0.1, 0.15) is 0 Å². The summed E-state index contributed by atoms with van der Waals surface area (Å²) in [5.74, 6) is 0. The van der Waals surface area contributed by atoms with Gasteiger partial charge in [-0.2, -0.15) is 0 Å². The highest BCUT2D eigenvalue weighted by Gasteiger charge is 2.10. The van der Waals surface area contributed by atoms with Crippen LogP contribution >= 0.6 is 11.6 Å². The van der Waals surface area contributed by atoms with Crippen molar-refractivity contribution in [1.29, 1.82) is 0 Å². The first kappa shape index (κ1) is 13.4. The van der Waals surface area contributed by atoms with E-state index in [0.717, 1.165) is 10.4 Å². The zero-order valence-electron chi connectivity index (χ0n) is 12.3. The van der Waals surface area contributed by atoms with Crippen molar-refractivity contribution in [3.8, 4) is 11.1 Å². The Morgan fingerprint density at radius 2 is 1.05 bits per heavy atom. The topological polar surface area (TPSA) is 0 Å². The minimum absolute atomic E-state index is 0.802. The van der Waals surface area contributed by atoms with Gasteiger partial charge in [-0.15, -0.1) is 0 Å². The third-order valence-electron chi connectivity index (χ3n) is 4.30. The monoisotopic (exact) mass is 302 g/mol. The first-order valence-electron chi connectivity index (χ1n) is 7.42. The molecule has 0 atom stereocenters. The van der Waals surface area contributed by atoms with Gasteiger partial charge < -0.3 is 0 Å². The Hall–Kier alpha value is -2.31. The maximum Gasteiger partial charge on any atom is 0.0484 e. The molecule has 0 aliphatic rings. The molecular weight excluding hydrogens is 288 g/mol. The molecule has 0 aromatic heterocycles. The largest absolute Gasteiger partial charge is 0.0837 e. The summed E-state index contributed by atoms with van der Waals surface area (Å²) in [7, 11) is 0. The SMILES string of the molecule is Cc1ccc(-c2ccc(Cl)c3ccccc23)c2ccccc12. The van der Waals surface area contributed by atoms with Crippen molar-refractivity contribution in [3.63, 3.8) is 0 Å². The van der Waals surface area contributed by atoms with Crippen LogP contribution in [0.1, 0.15) is 5.56 Å². The van der Waals surface area contributed by atoms with Gasteiger partial charge in [0, 0.05) is 10.4 Å². The highest BCUT2D eigenvalue weighted by atomic mass is 35.5. The van der Waals surface area contributed by atoms with Gasteiger partial charge in [-0.1, -0.05) is 78.3 Å². The van der Waals surface area contributed by atoms with Gasteiger partial charge in [0.2, 0.25) is 0 Å². The molecule has 0 nitrogen and oxygen atoms in total. The summed E-state index contributed by atoms with van der Waals surface area (Å²) in [5, 5.41) is 5.69. The minimum Gasteiger partial charge on any atom is -0.0837 e. The summed E-state index contributed by atoms with van der Waals surface area (Å²) < 4.78 is 0.